The third-order valence-electron chi connectivity index (χ3n) is 9.05. The summed E-state index contributed by atoms with van der Waals surface area (Å²) in [4.78, 5) is 120. The summed E-state index contributed by atoms with van der Waals surface area (Å²) < 4.78 is 0. The van der Waals surface area contributed by atoms with E-state index in [1.54, 1.807) is 143 Å². The Labute approximate surface area is 385 Å². The van der Waals surface area contributed by atoms with Crippen LogP contribution in [0.4, 0.5) is 35.7 Å². The molecule has 0 saturated heterocycles. The van der Waals surface area contributed by atoms with Crippen LogP contribution in [0.3, 0.4) is 0 Å². The van der Waals surface area contributed by atoms with Crippen LogP contribution >= 0.6 is 0 Å². The van der Waals surface area contributed by atoms with E-state index in [0.717, 1.165) is 0 Å². The Morgan fingerprint density at radius 1 is 0.273 bits per heavy atom. The molecule has 0 bridgehead atoms. The number of hydrogen-bond donors (Lipinski definition) is 6. The number of carbonyl (C=O) groups excluding carboxylic acids is 6. The van der Waals surface area contributed by atoms with Crippen molar-refractivity contribution in [2.24, 2.45) is 32.5 Å². The second-order valence-electron chi connectivity index (χ2n) is 21.9. The van der Waals surface area contributed by atoms with Gasteiger partial charge < -0.3 is 0 Å². The molecule has 0 spiro atoms. The van der Waals surface area contributed by atoms with Crippen molar-refractivity contribution in [2.75, 3.05) is 31.9 Å². The van der Waals surface area contributed by atoms with Gasteiger partial charge in [0.25, 0.3) is 0 Å². The van der Waals surface area contributed by atoms with Crippen LogP contribution < -0.4 is 31.9 Å². The number of hydrogen-bond acceptors (Lipinski definition) is 15. The summed E-state index contributed by atoms with van der Waals surface area (Å²) >= 11 is 0. The van der Waals surface area contributed by atoms with E-state index in [9.17, 15) is 28.8 Å². The van der Waals surface area contributed by atoms with Crippen molar-refractivity contribution in [2.45, 2.75) is 125 Å². The Kier molecular flexibility index (Phi) is 14.5. The van der Waals surface area contributed by atoms with E-state index in [0.29, 0.717) is 0 Å². The lowest BCUT2D eigenvalue weighted by molar-refractivity contribution is -0.123. The van der Waals surface area contributed by atoms with Crippen LogP contribution in [0.2, 0.25) is 0 Å². The van der Waals surface area contributed by atoms with Gasteiger partial charge in [0.05, 0.1) is 0 Å². The van der Waals surface area contributed by atoms with Crippen molar-refractivity contribution in [3.63, 3.8) is 0 Å². The Bertz CT molecular complexity index is 2140. The minimum absolute atomic E-state index is 0.0605. The molecule has 354 valence electrons. The maximum atomic E-state index is 13.3. The standard InChI is InChI=1S/C45H63N15O6/c1-40(2,3)28(61)52-34-46-25(47-35(58-34)53-29(62)41(4,5)6)22-19-23(26-48-36(54-30(63)42(7,8)9)59-37(49-26)55-31(64)43(10,11)12)21-24(20-22)27-50-38(56-32(65)44(13,14)15)60-39(51-27)57-33(66)45(16,17)18/h19-21H,1-18H3,(H2,46,47,52,53,58,61,62)(H2,48,49,54,55,59,63,64)(H2,50,51,56,57,60,65,66). The van der Waals surface area contributed by atoms with Gasteiger partial charge in [0.1, 0.15) is 0 Å². The molecule has 6 N–H and O–H groups in total. The number of anilines is 6. The Morgan fingerprint density at radius 3 is 0.530 bits per heavy atom. The van der Waals surface area contributed by atoms with Gasteiger partial charge in [-0.1, -0.05) is 125 Å². The summed E-state index contributed by atoms with van der Waals surface area (Å²) in [5.74, 6) is -3.86. The van der Waals surface area contributed by atoms with Gasteiger partial charge in [-0.3, -0.25) is 60.7 Å². The highest BCUT2D eigenvalue weighted by molar-refractivity contribution is 5.97. The van der Waals surface area contributed by atoms with Crippen molar-refractivity contribution < 1.29 is 28.8 Å². The number of aromatic nitrogens is 9. The van der Waals surface area contributed by atoms with Gasteiger partial charge in [0, 0.05) is 49.2 Å². The van der Waals surface area contributed by atoms with Crippen molar-refractivity contribution in [1.82, 2.24) is 44.9 Å². The largest absolute Gasteiger partial charge is 0.294 e. The summed E-state index contributed by atoms with van der Waals surface area (Å²) in [7, 11) is 0. The first kappa shape index (κ1) is 51.7. The quantitative estimate of drug-likeness (QED) is 0.0972. The fourth-order valence-electron chi connectivity index (χ4n) is 4.60. The molecule has 0 aliphatic carbocycles. The fourth-order valence-corrected chi connectivity index (χ4v) is 4.60. The molecule has 0 aliphatic rings. The van der Waals surface area contributed by atoms with Gasteiger partial charge in [-0.2, -0.15) is 44.9 Å². The minimum atomic E-state index is -0.869. The molecular formula is C45H63N15O6. The Balaban J connectivity index is 2.14. The van der Waals surface area contributed by atoms with Crippen LogP contribution in [0.1, 0.15) is 125 Å². The number of carbonyl (C=O) groups is 6. The minimum Gasteiger partial charge on any atom is -0.294 e. The average Bonchev–Trinajstić information content (AvgIpc) is 3.15. The van der Waals surface area contributed by atoms with E-state index in [-0.39, 0.29) is 69.9 Å². The molecule has 1 aromatic carbocycles. The summed E-state index contributed by atoms with van der Waals surface area (Å²) in [6.07, 6.45) is 0. The molecule has 66 heavy (non-hydrogen) atoms. The van der Waals surface area contributed by atoms with Crippen molar-refractivity contribution in [3.8, 4) is 34.2 Å². The summed E-state index contributed by atoms with van der Waals surface area (Å²) in [5, 5.41) is 16.3. The van der Waals surface area contributed by atoms with E-state index in [2.05, 4.69) is 76.8 Å². The van der Waals surface area contributed by atoms with Gasteiger partial charge in [-0.05, 0) is 18.2 Å². The lowest BCUT2D eigenvalue weighted by atomic mass is 9.96. The van der Waals surface area contributed by atoms with Crippen LogP contribution in [-0.2, 0) is 28.8 Å². The van der Waals surface area contributed by atoms with Crippen LogP contribution in [0.15, 0.2) is 18.2 Å². The molecule has 4 aromatic rings. The molecule has 4 rings (SSSR count). The maximum Gasteiger partial charge on any atom is 0.234 e. The van der Waals surface area contributed by atoms with Gasteiger partial charge in [-0.25, -0.2) is 0 Å². The summed E-state index contributed by atoms with van der Waals surface area (Å²) in [6, 6.07) is 4.74. The summed E-state index contributed by atoms with van der Waals surface area (Å²) in [5.41, 5.74) is -4.57. The lowest BCUT2D eigenvalue weighted by Crippen LogP contribution is -2.30. The highest BCUT2D eigenvalue weighted by atomic mass is 16.2. The van der Waals surface area contributed by atoms with E-state index < -0.39 is 67.9 Å². The number of amides is 6. The molecule has 0 radical (unpaired) electrons. The van der Waals surface area contributed by atoms with E-state index in [1.807, 2.05) is 0 Å². The van der Waals surface area contributed by atoms with Gasteiger partial charge in [0.2, 0.25) is 71.1 Å². The number of benzene rings is 1. The first-order valence-electron chi connectivity index (χ1n) is 21.2. The maximum absolute atomic E-state index is 13.3. The summed E-state index contributed by atoms with van der Waals surface area (Å²) in [6.45, 7) is 30.7. The van der Waals surface area contributed by atoms with Crippen LogP contribution in [-0.4, -0.2) is 80.3 Å². The highest BCUT2D eigenvalue weighted by Crippen LogP contribution is 2.33. The molecular weight excluding hydrogens is 847 g/mol. The first-order chi connectivity index (χ1) is 29.9. The van der Waals surface area contributed by atoms with Crippen LogP contribution in [0, 0.1) is 32.5 Å². The van der Waals surface area contributed by atoms with Gasteiger partial charge in [0.15, 0.2) is 17.5 Å². The third-order valence-corrected chi connectivity index (χ3v) is 9.05. The predicted octanol–water partition coefficient (Wildman–Crippen LogP) is 7.15. The molecule has 0 unspecified atom stereocenters. The SMILES string of the molecule is CC(C)(C)C(=O)Nc1nc(NC(=O)C(C)(C)C)nc(-c2cc(-c3nc(NC(=O)C(C)(C)C)nc(NC(=O)C(C)(C)C)n3)cc(-c3nc(NC(=O)C(C)(C)C)nc(NC(=O)C(C)(C)C)n3)c2)n1. The second kappa shape index (κ2) is 18.5. The van der Waals surface area contributed by atoms with Crippen LogP contribution in [0.25, 0.3) is 34.2 Å². The molecule has 6 amide bonds. The van der Waals surface area contributed by atoms with Crippen molar-refractivity contribution in [1.29, 1.82) is 0 Å². The highest BCUT2D eigenvalue weighted by Gasteiger charge is 2.30. The van der Waals surface area contributed by atoms with E-state index in [4.69, 9.17) is 0 Å². The van der Waals surface area contributed by atoms with E-state index >= 15 is 0 Å². The molecule has 0 saturated carbocycles. The average molecular weight is 910 g/mol. The molecule has 21 nitrogen and oxygen atoms in total. The Morgan fingerprint density at radius 2 is 0.409 bits per heavy atom. The van der Waals surface area contributed by atoms with Gasteiger partial charge in [-0.15, -0.1) is 0 Å². The monoisotopic (exact) mass is 910 g/mol. The molecule has 0 fully saturated rings. The zero-order chi connectivity index (χ0) is 50.1. The molecule has 21 heteroatoms. The smallest absolute Gasteiger partial charge is 0.234 e. The third kappa shape index (κ3) is 14.0. The predicted molar refractivity (Wildman–Crippen MR) is 251 cm³/mol. The number of nitrogens with zero attached hydrogens (tertiary/aromatic N) is 9. The molecule has 3 aromatic heterocycles. The normalized spacial score (nSPS) is 12.5. The van der Waals surface area contributed by atoms with Crippen molar-refractivity contribution >= 4 is 71.1 Å². The molecule has 0 aliphatic heterocycles. The first-order valence-corrected chi connectivity index (χ1v) is 21.2. The molecule has 3 heterocycles. The fraction of sp³-hybridized carbons (Fsp3) is 0.533. The zero-order valence-electron chi connectivity index (χ0n) is 41.2. The van der Waals surface area contributed by atoms with Crippen LogP contribution in [0.5, 0.6) is 0 Å². The topological polar surface area (TPSA) is 291 Å². The number of rotatable bonds is 9. The van der Waals surface area contributed by atoms with Crippen molar-refractivity contribution in [3.05, 3.63) is 18.2 Å². The Hall–Kier alpha value is -6.93. The molecule has 0 atom stereocenters. The lowest BCUT2D eigenvalue weighted by Gasteiger charge is -2.20. The number of nitrogens with one attached hydrogen (secondary N) is 6. The zero-order valence-corrected chi connectivity index (χ0v) is 41.2. The van der Waals surface area contributed by atoms with E-state index in [1.165, 1.54) is 0 Å². The second-order valence-corrected chi connectivity index (χ2v) is 21.9. The van der Waals surface area contributed by atoms with Gasteiger partial charge >= 0.3 is 0 Å².